The van der Waals surface area contributed by atoms with Crippen LogP contribution in [0.4, 0.5) is 0 Å². The zero-order chi connectivity index (χ0) is 13.1. The molecule has 2 aliphatic carbocycles. The van der Waals surface area contributed by atoms with Crippen LogP contribution in [0.15, 0.2) is 30.3 Å². The SMILES string of the molecule is NCC(CNCC(C1CC1)C1CC1)c1ccccc1. The molecule has 2 nitrogen and oxygen atoms in total. The van der Waals surface area contributed by atoms with Crippen molar-refractivity contribution in [1.82, 2.24) is 5.32 Å². The van der Waals surface area contributed by atoms with E-state index in [1.165, 1.54) is 37.8 Å². The molecule has 0 saturated heterocycles. The largest absolute Gasteiger partial charge is 0.330 e. The molecule has 3 rings (SSSR count). The molecule has 2 saturated carbocycles. The first kappa shape index (κ1) is 13.1. The Morgan fingerprint density at radius 1 is 1.00 bits per heavy atom. The Morgan fingerprint density at radius 3 is 2.16 bits per heavy atom. The Balaban J connectivity index is 1.47. The number of hydrogen-bond donors (Lipinski definition) is 2. The van der Waals surface area contributed by atoms with Crippen LogP contribution in [-0.2, 0) is 0 Å². The molecule has 0 aromatic heterocycles. The average Bonchev–Trinajstić information content (AvgIpc) is 3.33. The molecule has 0 aliphatic heterocycles. The Bertz CT molecular complexity index is 370. The molecular formula is C17H26N2. The van der Waals surface area contributed by atoms with Crippen molar-refractivity contribution in [2.75, 3.05) is 19.6 Å². The molecule has 1 unspecified atom stereocenters. The predicted molar refractivity (Wildman–Crippen MR) is 80.0 cm³/mol. The third-order valence-electron chi connectivity index (χ3n) is 4.78. The Labute approximate surface area is 116 Å². The molecule has 19 heavy (non-hydrogen) atoms. The minimum absolute atomic E-state index is 0.459. The van der Waals surface area contributed by atoms with Gasteiger partial charge in [-0.05, 0) is 55.5 Å². The lowest BCUT2D eigenvalue weighted by Gasteiger charge is -2.20. The van der Waals surface area contributed by atoms with Crippen LogP contribution in [0.5, 0.6) is 0 Å². The fraction of sp³-hybridized carbons (Fsp3) is 0.647. The molecule has 0 spiro atoms. The Kier molecular flexibility index (Phi) is 4.19. The van der Waals surface area contributed by atoms with Crippen LogP contribution in [0.3, 0.4) is 0 Å². The first-order chi connectivity index (χ1) is 9.38. The van der Waals surface area contributed by atoms with E-state index in [2.05, 4.69) is 35.6 Å². The molecule has 0 heterocycles. The summed E-state index contributed by atoms with van der Waals surface area (Å²) in [5.41, 5.74) is 7.29. The zero-order valence-electron chi connectivity index (χ0n) is 11.7. The smallest absolute Gasteiger partial charge is 0.00863 e. The maximum Gasteiger partial charge on any atom is 0.00863 e. The summed E-state index contributed by atoms with van der Waals surface area (Å²) in [6, 6.07) is 10.7. The Hall–Kier alpha value is -0.860. The summed E-state index contributed by atoms with van der Waals surface area (Å²) in [6.45, 7) is 2.96. The highest BCUT2D eigenvalue weighted by molar-refractivity contribution is 5.20. The van der Waals surface area contributed by atoms with Gasteiger partial charge < -0.3 is 11.1 Å². The van der Waals surface area contributed by atoms with Gasteiger partial charge in [0, 0.05) is 19.0 Å². The van der Waals surface area contributed by atoms with Gasteiger partial charge in [0.1, 0.15) is 0 Å². The topological polar surface area (TPSA) is 38.0 Å². The fourth-order valence-corrected chi connectivity index (χ4v) is 3.25. The highest BCUT2D eigenvalue weighted by atomic mass is 14.9. The van der Waals surface area contributed by atoms with Gasteiger partial charge in [-0.2, -0.15) is 0 Å². The summed E-state index contributed by atoms with van der Waals surface area (Å²) in [5, 5.41) is 3.70. The van der Waals surface area contributed by atoms with Crippen molar-refractivity contribution in [3.8, 4) is 0 Å². The van der Waals surface area contributed by atoms with E-state index in [1.807, 2.05) is 0 Å². The van der Waals surface area contributed by atoms with Crippen LogP contribution in [0.25, 0.3) is 0 Å². The van der Waals surface area contributed by atoms with Crippen molar-refractivity contribution in [2.24, 2.45) is 23.5 Å². The first-order valence-electron chi connectivity index (χ1n) is 7.84. The molecule has 1 aromatic rings. The number of hydrogen-bond acceptors (Lipinski definition) is 2. The monoisotopic (exact) mass is 258 g/mol. The summed E-state index contributed by atoms with van der Waals surface area (Å²) in [7, 11) is 0. The maximum atomic E-state index is 5.93. The molecule has 2 aliphatic rings. The quantitative estimate of drug-likeness (QED) is 0.752. The van der Waals surface area contributed by atoms with Crippen LogP contribution in [0.1, 0.15) is 37.2 Å². The number of nitrogens with two attached hydrogens (primary N) is 1. The third-order valence-corrected chi connectivity index (χ3v) is 4.78. The summed E-state index contributed by atoms with van der Waals surface area (Å²) in [4.78, 5) is 0. The maximum absolute atomic E-state index is 5.93. The van der Waals surface area contributed by atoms with E-state index in [0.717, 1.165) is 30.8 Å². The summed E-state index contributed by atoms with van der Waals surface area (Å²) >= 11 is 0. The molecule has 0 radical (unpaired) electrons. The summed E-state index contributed by atoms with van der Waals surface area (Å²) in [6.07, 6.45) is 5.90. The van der Waals surface area contributed by atoms with Crippen LogP contribution >= 0.6 is 0 Å². The highest BCUT2D eigenvalue weighted by Crippen LogP contribution is 2.48. The van der Waals surface area contributed by atoms with Crippen molar-refractivity contribution >= 4 is 0 Å². The standard InChI is InChI=1S/C17H26N2/c18-10-16(13-4-2-1-3-5-13)11-19-12-17(14-6-7-14)15-8-9-15/h1-5,14-17,19H,6-12,18H2. The van der Waals surface area contributed by atoms with Gasteiger partial charge in [-0.3, -0.25) is 0 Å². The fourth-order valence-electron chi connectivity index (χ4n) is 3.25. The lowest BCUT2D eigenvalue weighted by atomic mass is 9.96. The van der Waals surface area contributed by atoms with E-state index in [4.69, 9.17) is 5.73 Å². The molecule has 0 bridgehead atoms. The van der Waals surface area contributed by atoms with Crippen LogP contribution in [-0.4, -0.2) is 19.6 Å². The molecule has 104 valence electrons. The molecule has 2 fully saturated rings. The lowest BCUT2D eigenvalue weighted by molar-refractivity contribution is 0.374. The molecule has 0 amide bonds. The van der Waals surface area contributed by atoms with Crippen molar-refractivity contribution in [1.29, 1.82) is 0 Å². The highest BCUT2D eigenvalue weighted by Gasteiger charge is 2.40. The van der Waals surface area contributed by atoms with Crippen molar-refractivity contribution in [3.05, 3.63) is 35.9 Å². The minimum atomic E-state index is 0.459. The first-order valence-corrected chi connectivity index (χ1v) is 7.84. The normalized spacial score (nSPS) is 20.7. The van der Waals surface area contributed by atoms with Crippen molar-refractivity contribution in [3.63, 3.8) is 0 Å². The number of nitrogens with one attached hydrogen (secondary N) is 1. The van der Waals surface area contributed by atoms with Gasteiger partial charge in [0.05, 0.1) is 0 Å². The molecule has 2 heteroatoms. The average molecular weight is 258 g/mol. The van der Waals surface area contributed by atoms with E-state index < -0.39 is 0 Å². The van der Waals surface area contributed by atoms with E-state index in [9.17, 15) is 0 Å². The minimum Gasteiger partial charge on any atom is -0.330 e. The Morgan fingerprint density at radius 2 is 1.63 bits per heavy atom. The predicted octanol–water partition coefficient (Wildman–Crippen LogP) is 2.75. The summed E-state index contributed by atoms with van der Waals surface area (Å²) in [5.74, 6) is 3.48. The van der Waals surface area contributed by atoms with E-state index >= 15 is 0 Å². The van der Waals surface area contributed by atoms with Gasteiger partial charge in [-0.1, -0.05) is 30.3 Å². The van der Waals surface area contributed by atoms with E-state index in [0.29, 0.717) is 5.92 Å². The van der Waals surface area contributed by atoms with Gasteiger partial charge in [0.2, 0.25) is 0 Å². The number of rotatable bonds is 8. The van der Waals surface area contributed by atoms with Crippen LogP contribution in [0, 0.1) is 17.8 Å². The molecular weight excluding hydrogens is 232 g/mol. The van der Waals surface area contributed by atoms with Gasteiger partial charge in [-0.15, -0.1) is 0 Å². The van der Waals surface area contributed by atoms with Gasteiger partial charge in [0.15, 0.2) is 0 Å². The molecule has 3 N–H and O–H groups in total. The lowest BCUT2D eigenvalue weighted by Crippen LogP contribution is -2.31. The van der Waals surface area contributed by atoms with Crippen molar-refractivity contribution in [2.45, 2.75) is 31.6 Å². The summed E-state index contributed by atoms with van der Waals surface area (Å²) < 4.78 is 0. The van der Waals surface area contributed by atoms with E-state index in [1.54, 1.807) is 0 Å². The molecule has 1 aromatic carbocycles. The zero-order valence-corrected chi connectivity index (χ0v) is 11.7. The van der Waals surface area contributed by atoms with Gasteiger partial charge >= 0.3 is 0 Å². The van der Waals surface area contributed by atoms with Gasteiger partial charge in [0.25, 0.3) is 0 Å². The van der Waals surface area contributed by atoms with Gasteiger partial charge in [-0.25, -0.2) is 0 Å². The van der Waals surface area contributed by atoms with Crippen molar-refractivity contribution < 1.29 is 0 Å². The second kappa shape index (κ2) is 6.06. The van der Waals surface area contributed by atoms with E-state index in [-0.39, 0.29) is 0 Å². The third kappa shape index (κ3) is 3.58. The molecule has 1 atom stereocenters. The van der Waals surface area contributed by atoms with Crippen LogP contribution in [0.2, 0.25) is 0 Å². The van der Waals surface area contributed by atoms with Crippen LogP contribution < -0.4 is 11.1 Å². The number of benzene rings is 1. The second-order valence-corrected chi connectivity index (χ2v) is 6.34. The second-order valence-electron chi connectivity index (χ2n) is 6.34.